The Kier molecular flexibility index (Phi) is 7.33. The normalized spacial score (nSPS) is 16.0. The molecule has 0 saturated carbocycles. The van der Waals surface area contributed by atoms with Crippen molar-refractivity contribution in [1.29, 1.82) is 0 Å². The maximum atomic E-state index is 5.12. The lowest BCUT2D eigenvalue weighted by Gasteiger charge is -2.37. The Hall–Kier alpha value is -8.39. The summed E-state index contributed by atoms with van der Waals surface area (Å²) in [5.41, 5.74) is 15.7. The summed E-state index contributed by atoms with van der Waals surface area (Å²) in [4.78, 5) is 33.8. The molecule has 13 rings (SSSR count). The zero-order chi connectivity index (χ0) is 41.8. The van der Waals surface area contributed by atoms with Crippen LogP contribution in [0.25, 0.3) is 33.4 Å². The minimum absolute atomic E-state index is 0.817. The molecule has 63 heavy (non-hydrogen) atoms. The van der Waals surface area contributed by atoms with Gasteiger partial charge in [0.1, 0.15) is 0 Å². The molecule has 0 atom stereocenters. The minimum atomic E-state index is -0.862. The summed E-state index contributed by atoms with van der Waals surface area (Å²) in [5.74, 6) is 0. The zero-order valence-corrected chi connectivity index (χ0v) is 34.0. The van der Waals surface area contributed by atoms with Gasteiger partial charge in [0.25, 0.3) is 5.54 Å². The number of pyridine rings is 7. The van der Waals surface area contributed by atoms with Crippen LogP contribution in [0.4, 0.5) is 0 Å². The highest BCUT2D eigenvalue weighted by Gasteiger charge is 2.58. The number of benzene rings is 2. The van der Waals surface area contributed by atoms with Gasteiger partial charge in [-0.05, 0) is 127 Å². The van der Waals surface area contributed by atoms with E-state index in [1.54, 1.807) is 0 Å². The van der Waals surface area contributed by atoms with E-state index in [0.717, 1.165) is 94.7 Å². The van der Waals surface area contributed by atoms with E-state index < -0.39 is 16.4 Å². The average molecular weight is 810 g/mol. The number of hydrogen-bond acceptors (Lipinski definition) is 7. The molecule has 0 spiro atoms. The highest BCUT2D eigenvalue weighted by atomic mass is 15.2. The maximum Gasteiger partial charge on any atom is 0.490 e. The number of nitrogens with zero attached hydrogens (tertiary/aromatic N) is 9. The summed E-state index contributed by atoms with van der Waals surface area (Å²) in [6.45, 7) is 0. The first kappa shape index (κ1) is 35.4. The van der Waals surface area contributed by atoms with Gasteiger partial charge in [0.2, 0.25) is 12.4 Å². The summed E-state index contributed by atoms with van der Waals surface area (Å²) < 4.78 is 4.15. The van der Waals surface area contributed by atoms with Crippen LogP contribution in [0, 0.1) is 0 Å². The van der Waals surface area contributed by atoms with Crippen LogP contribution in [0.15, 0.2) is 196 Å². The lowest BCUT2D eigenvalue weighted by Crippen LogP contribution is -2.38. The molecule has 8 heterocycles. The number of hydrogen-bond donors (Lipinski definition) is 0. The van der Waals surface area contributed by atoms with Crippen LogP contribution < -0.4 is 0 Å². The van der Waals surface area contributed by atoms with Gasteiger partial charge in [-0.25, -0.2) is 0 Å². The second-order valence-corrected chi connectivity index (χ2v) is 16.5. The van der Waals surface area contributed by atoms with Crippen molar-refractivity contribution >= 4 is 6.01 Å². The third kappa shape index (κ3) is 4.48. The van der Waals surface area contributed by atoms with Crippen molar-refractivity contribution in [3.05, 3.63) is 257 Å². The van der Waals surface area contributed by atoms with Gasteiger partial charge < -0.3 is 0 Å². The molecule has 0 radical (unpaired) electrons. The number of fused-ring (bicyclic) bond motifs is 9. The van der Waals surface area contributed by atoms with Gasteiger partial charge in [-0.1, -0.05) is 57.7 Å². The standard InChI is InChI=1S/C54H35N9/c1-62-24-25-63(34-62)54(49-32-59-22-15-43(49)44-16-23-60-33-50(44)54)38-9-5-7-36(27-38)52(45-28-55-18-11-39(45)40-12-19-56-29-46(40)52)35-6-4-8-37(26-35)53(51-10-2-3-17-61-51)47-30-57-20-13-41(47)42-14-21-58-31-48(42)53/h2-33H,1H3/q+2. The van der Waals surface area contributed by atoms with Crippen LogP contribution >= 0.6 is 0 Å². The lowest BCUT2D eigenvalue weighted by molar-refractivity contribution is -0.533. The third-order valence-electron chi connectivity index (χ3n) is 13.7. The minimum Gasteiger partial charge on any atom is -0.264 e. The topological polar surface area (TPSA) is 96.2 Å². The third-order valence-corrected chi connectivity index (χ3v) is 13.7. The van der Waals surface area contributed by atoms with Crippen LogP contribution in [-0.2, 0) is 16.4 Å². The van der Waals surface area contributed by atoms with Crippen molar-refractivity contribution in [3.8, 4) is 33.4 Å². The van der Waals surface area contributed by atoms with E-state index in [1.807, 2.05) is 104 Å². The fourth-order valence-electron chi connectivity index (χ4n) is 11.4. The van der Waals surface area contributed by atoms with Gasteiger partial charge in [-0.15, -0.1) is 0 Å². The van der Waals surface area contributed by atoms with Crippen molar-refractivity contribution in [1.82, 2.24) is 34.9 Å². The Morgan fingerprint density at radius 1 is 0.397 bits per heavy atom. The Bertz CT molecular complexity index is 3360. The van der Waals surface area contributed by atoms with Crippen LogP contribution in [0.2, 0.25) is 0 Å². The fraction of sp³-hybridized carbons (Fsp3) is 0.0741. The van der Waals surface area contributed by atoms with E-state index in [0.29, 0.717) is 0 Å². The van der Waals surface area contributed by atoms with Gasteiger partial charge in [0, 0.05) is 86.1 Å². The molecule has 294 valence electrons. The molecule has 2 aromatic carbocycles. The second kappa shape index (κ2) is 13.1. The molecule has 4 aliphatic rings. The van der Waals surface area contributed by atoms with Crippen molar-refractivity contribution in [3.63, 3.8) is 0 Å². The van der Waals surface area contributed by atoms with Gasteiger partial charge >= 0.3 is 6.01 Å². The largest absolute Gasteiger partial charge is 0.490 e. The molecule has 0 amide bonds. The van der Waals surface area contributed by atoms with Crippen molar-refractivity contribution in [2.24, 2.45) is 0 Å². The SMILES string of the molecule is C[N+]1=C=[N+](C2(c3cccc(C4(c5cccc(C6(c7ccccn7)c7cnccc7-c7ccncc76)c5)c5cnccc5-c5ccncc54)c3)c3cnccc3-c3ccncc32)C=C1. The van der Waals surface area contributed by atoms with Crippen molar-refractivity contribution in [2.75, 3.05) is 7.05 Å². The molecule has 0 N–H and O–H groups in total. The van der Waals surface area contributed by atoms with Gasteiger partial charge in [-0.3, -0.25) is 34.9 Å². The van der Waals surface area contributed by atoms with E-state index in [4.69, 9.17) is 34.9 Å². The van der Waals surface area contributed by atoms with Gasteiger partial charge in [0.15, 0.2) is 7.05 Å². The van der Waals surface area contributed by atoms with E-state index >= 15 is 0 Å². The van der Waals surface area contributed by atoms with E-state index in [1.165, 1.54) is 0 Å². The Morgan fingerprint density at radius 3 is 1.25 bits per heavy atom. The Labute approximate surface area is 362 Å². The fourth-order valence-corrected chi connectivity index (χ4v) is 11.4. The highest BCUT2D eigenvalue weighted by molar-refractivity contribution is 5.88. The maximum absolute atomic E-state index is 5.12. The molecule has 0 unspecified atom stereocenters. The van der Waals surface area contributed by atoms with Crippen LogP contribution in [0.5, 0.6) is 0 Å². The summed E-state index contributed by atoms with van der Waals surface area (Å²) in [5, 5.41) is 0. The average Bonchev–Trinajstić information content (AvgIpc) is 4.09. The first-order valence-corrected chi connectivity index (χ1v) is 20.9. The molecule has 9 nitrogen and oxygen atoms in total. The highest BCUT2D eigenvalue weighted by Crippen LogP contribution is 2.60. The van der Waals surface area contributed by atoms with Crippen molar-refractivity contribution in [2.45, 2.75) is 16.4 Å². The molecule has 0 saturated heterocycles. The van der Waals surface area contributed by atoms with Gasteiger partial charge in [0.05, 0.1) is 27.7 Å². The van der Waals surface area contributed by atoms with E-state index in [2.05, 4.69) is 114 Å². The quantitative estimate of drug-likeness (QED) is 0.155. The molecule has 7 aromatic heterocycles. The first-order chi connectivity index (χ1) is 31.2. The molecule has 9 heteroatoms. The van der Waals surface area contributed by atoms with Crippen LogP contribution in [0.3, 0.4) is 0 Å². The zero-order valence-electron chi connectivity index (χ0n) is 34.0. The lowest BCUT2D eigenvalue weighted by atomic mass is 9.65. The second-order valence-electron chi connectivity index (χ2n) is 16.5. The summed E-state index contributed by atoms with van der Waals surface area (Å²) in [6.07, 6.45) is 29.3. The predicted octanol–water partition coefficient (Wildman–Crippen LogP) is 8.76. The summed E-state index contributed by atoms with van der Waals surface area (Å²) in [7, 11) is 2.00. The van der Waals surface area contributed by atoms with E-state index in [-0.39, 0.29) is 0 Å². The Morgan fingerprint density at radius 2 is 0.810 bits per heavy atom. The molecule has 1 aliphatic heterocycles. The molecule has 0 fully saturated rings. The van der Waals surface area contributed by atoms with Gasteiger partial charge in [-0.2, -0.15) is 0 Å². The molecular weight excluding hydrogens is 775 g/mol. The van der Waals surface area contributed by atoms with Crippen molar-refractivity contribution < 1.29 is 9.15 Å². The van der Waals surface area contributed by atoms with E-state index in [9.17, 15) is 0 Å². The molecular formula is C54H35N9+2. The number of aromatic nitrogens is 7. The molecule has 0 bridgehead atoms. The first-order valence-electron chi connectivity index (χ1n) is 20.9. The Balaban J connectivity index is 1.14. The summed E-state index contributed by atoms with van der Waals surface area (Å²) >= 11 is 0. The van der Waals surface area contributed by atoms with Crippen LogP contribution in [0.1, 0.15) is 61.3 Å². The number of rotatable bonds is 6. The molecule has 3 aliphatic carbocycles. The monoisotopic (exact) mass is 809 g/mol. The predicted molar refractivity (Wildman–Crippen MR) is 238 cm³/mol. The van der Waals surface area contributed by atoms with Crippen LogP contribution in [-0.4, -0.2) is 57.1 Å². The smallest absolute Gasteiger partial charge is 0.264 e. The molecule has 9 aromatic rings. The summed E-state index contributed by atoms with van der Waals surface area (Å²) in [6, 6.07) is 40.6.